The lowest BCUT2D eigenvalue weighted by Gasteiger charge is -2.43. The smallest absolute Gasteiger partial charge is 0.243 e. The van der Waals surface area contributed by atoms with Crippen LogP contribution in [0.25, 0.3) is 10.4 Å². The molecule has 2 aromatic heterocycles. The third-order valence-electron chi connectivity index (χ3n) is 16.6. The number of thiazole rings is 1. The highest BCUT2D eigenvalue weighted by molar-refractivity contribution is 7.92. The Morgan fingerprint density at radius 2 is 1.51 bits per heavy atom. The number of ether oxygens (including phenoxy) is 4. The number of Topliss-reactive ketones (excluding diaryl/α,β-unsaturated/α-hetero) is 1. The molecular formula is C64H85ClN8O11S2. The summed E-state index contributed by atoms with van der Waals surface area (Å²) in [6.07, 6.45) is 3.95. The maximum Gasteiger partial charge on any atom is 0.243 e. The van der Waals surface area contributed by atoms with Gasteiger partial charge in [0.25, 0.3) is 0 Å². The number of carbonyl (C=O) groups excluding carboxylic acids is 4. The van der Waals surface area contributed by atoms with Crippen LogP contribution in [0.3, 0.4) is 0 Å². The summed E-state index contributed by atoms with van der Waals surface area (Å²) in [6.45, 7) is 17.9. The van der Waals surface area contributed by atoms with Crippen LogP contribution in [0.2, 0.25) is 5.02 Å². The van der Waals surface area contributed by atoms with E-state index in [0.29, 0.717) is 80.5 Å². The number of aromatic nitrogens is 3. The number of halogens is 1. The summed E-state index contributed by atoms with van der Waals surface area (Å²) in [4.78, 5) is 77.2. The molecule has 0 bridgehead atoms. The first-order valence-corrected chi connectivity index (χ1v) is 32.8. The molecule has 3 fully saturated rings. The number of hydrogen-bond acceptors (Lipinski definition) is 17. The third kappa shape index (κ3) is 17.7. The fourth-order valence-electron chi connectivity index (χ4n) is 11.4. The Bertz CT molecular complexity index is 3200. The largest absolute Gasteiger partial charge is 0.496 e. The van der Waals surface area contributed by atoms with Crippen LogP contribution in [0.5, 0.6) is 5.75 Å². The molecule has 3 aromatic carbocycles. The molecule has 0 unspecified atom stereocenters. The number of nitrogens with one attached hydrogen (secondary N) is 1. The van der Waals surface area contributed by atoms with E-state index in [0.717, 1.165) is 77.7 Å². The maximum absolute atomic E-state index is 14.1. The van der Waals surface area contributed by atoms with Gasteiger partial charge < -0.3 is 44.1 Å². The topological polar surface area (TPSA) is 223 Å². The van der Waals surface area contributed by atoms with Crippen LogP contribution < -0.4 is 15.0 Å². The van der Waals surface area contributed by atoms with Gasteiger partial charge in [-0.3, -0.25) is 24.1 Å². The standard InChI is InChI=1S/C64H85ClN8O11S2/c1-43(2)86(79,80)58-11-9-8-10-48(58)34-55-54(65)40-66-59(69-55)35-47-16-17-50(36-57(47)81-7)70-22-18-49(19-23-70)71-24-26-72(27-25-71)60(76)21-29-83-31-33-84-32-30-82-28-20-51(74)37-53(64(4,5)6)63(78)73-41-52(75)38-56(73)62(77)67-39-45-12-14-46(15-13-45)61-44(3)68-42-85-61/h8-17,36,40,42-43,49,52-53,56,75H,18-35,37-39,41H2,1-7H3,(H,67,77)/t52-,53-,56+/m1/s1. The van der Waals surface area contributed by atoms with E-state index in [4.69, 9.17) is 35.5 Å². The number of aliphatic hydroxyl groups is 1. The average Bonchev–Trinajstić information content (AvgIpc) is 2.19. The second-order valence-corrected chi connectivity index (χ2v) is 27.6. The van der Waals surface area contributed by atoms with Crippen molar-refractivity contribution in [2.75, 3.05) is 97.5 Å². The van der Waals surface area contributed by atoms with E-state index in [9.17, 15) is 32.7 Å². The van der Waals surface area contributed by atoms with E-state index < -0.39 is 38.6 Å². The Kier molecular flexibility index (Phi) is 23.7. The molecule has 22 heteroatoms. The van der Waals surface area contributed by atoms with Crippen LogP contribution >= 0.6 is 22.9 Å². The first-order chi connectivity index (χ1) is 41.2. The average molecular weight is 1240 g/mol. The van der Waals surface area contributed by atoms with Crippen molar-refractivity contribution in [3.63, 3.8) is 0 Å². The fraction of sp³-hybridized carbons (Fsp3) is 0.547. The lowest BCUT2D eigenvalue weighted by molar-refractivity contribution is -0.146. The zero-order valence-corrected chi connectivity index (χ0v) is 53.2. The third-order valence-corrected chi connectivity index (χ3v) is 20.1. The monoisotopic (exact) mass is 1240 g/mol. The predicted molar refractivity (Wildman–Crippen MR) is 332 cm³/mol. The molecule has 0 spiro atoms. The van der Waals surface area contributed by atoms with Gasteiger partial charge in [0.15, 0.2) is 9.84 Å². The highest BCUT2D eigenvalue weighted by Gasteiger charge is 2.44. The Morgan fingerprint density at radius 1 is 0.837 bits per heavy atom. The molecule has 0 radical (unpaired) electrons. The summed E-state index contributed by atoms with van der Waals surface area (Å²) in [5, 5.41) is 13.4. The van der Waals surface area contributed by atoms with Crippen LogP contribution in [-0.4, -0.2) is 183 Å². The number of carbonyl (C=O) groups is 4. The van der Waals surface area contributed by atoms with Crippen LogP contribution in [0.4, 0.5) is 5.69 Å². The lowest BCUT2D eigenvalue weighted by Crippen LogP contribution is -2.54. The van der Waals surface area contributed by atoms with E-state index in [1.54, 1.807) is 56.7 Å². The van der Waals surface area contributed by atoms with Crippen LogP contribution in [0, 0.1) is 18.3 Å². The number of piperidine rings is 1. The van der Waals surface area contributed by atoms with Gasteiger partial charge in [-0.25, -0.2) is 23.4 Å². The minimum Gasteiger partial charge on any atom is -0.496 e. The molecule has 5 aromatic rings. The van der Waals surface area contributed by atoms with Gasteiger partial charge in [0.05, 0.1) is 96.2 Å². The van der Waals surface area contributed by atoms with Crippen molar-refractivity contribution in [3.8, 4) is 16.2 Å². The Balaban J connectivity index is 0.666. The van der Waals surface area contributed by atoms with Crippen LogP contribution in [0.1, 0.15) is 107 Å². The van der Waals surface area contributed by atoms with E-state index >= 15 is 0 Å². The summed E-state index contributed by atoms with van der Waals surface area (Å²) in [6, 6.07) is 20.7. The summed E-state index contributed by atoms with van der Waals surface area (Å²) in [5.74, 6) is -0.0992. The molecule has 86 heavy (non-hydrogen) atoms. The number of amides is 3. The Hall–Kier alpha value is -5.91. The highest BCUT2D eigenvalue weighted by atomic mass is 35.5. The SMILES string of the molecule is COc1cc(N2CCC(N3CCN(C(=O)CCOCCOCCOCCC(=O)C[C@H](C(=O)N4C[C@H](O)C[C@H]4C(=O)NCc4ccc(-c5scnc5C)cc4)C(C)(C)C)CC3)CC2)ccc1Cc1ncc(Cl)c(Cc2ccccc2S(=O)(=O)C(C)C)n1. The Labute approximate surface area is 516 Å². The molecule has 8 rings (SSSR count). The molecule has 0 aliphatic carbocycles. The summed E-state index contributed by atoms with van der Waals surface area (Å²) in [7, 11) is -1.84. The molecule has 3 atom stereocenters. The highest BCUT2D eigenvalue weighted by Crippen LogP contribution is 2.35. The van der Waals surface area contributed by atoms with Gasteiger partial charge in [-0.2, -0.15) is 0 Å². The zero-order chi connectivity index (χ0) is 61.5. The number of piperazine rings is 1. The summed E-state index contributed by atoms with van der Waals surface area (Å²) in [5.41, 5.74) is 7.37. The number of nitrogens with zero attached hydrogens (tertiary/aromatic N) is 7. The number of rotatable bonds is 28. The van der Waals surface area contributed by atoms with Gasteiger partial charge in [0.1, 0.15) is 23.4 Å². The number of hydrogen-bond donors (Lipinski definition) is 2. The molecule has 3 aliphatic heterocycles. The van der Waals surface area contributed by atoms with E-state index in [1.165, 1.54) is 4.90 Å². The maximum atomic E-state index is 14.1. The lowest BCUT2D eigenvalue weighted by atomic mass is 9.76. The number of anilines is 1. The molecule has 0 saturated carbocycles. The number of benzene rings is 3. The normalized spacial score (nSPS) is 17.5. The minimum absolute atomic E-state index is 0.00737. The van der Waals surface area contributed by atoms with Gasteiger partial charge in [0, 0.05) is 120 Å². The molecule has 19 nitrogen and oxygen atoms in total. The van der Waals surface area contributed by atoms with E-state index in [-0.39, 0.29) is 80.4 Å². The molecule has 3 saturated heterocycles. The van der Waals surface area contributed by atoms with E-state index in [1.807, 2.05) is 68.4 Å². The number of aryl methyl sites for hydroxylation is 1. The zero-order valence-electron chi connectivity index (χ0n) is 50.8. The van der Waals surface area contributed by atoms with Gasteiger partial charge in [-0.05, 0) is 67.9 Å². The van der Waals surface area contributed by atoms with Gasteiger partial charge in [0.2, 0.25) is 17.7 Å². The van der Waals surface area contributed by atoms with Gasteiger partial charge >= 0.3 is 0 Å². The number of aliphatic hydroxyl groups excluding tert-OH is 1. The van der Waals surface area contributed by atoms with Crippen molar-refractivity contribution in [2.45, 2.75) is 128 Å². The van der Waals surface area contributed by atoms with Crippen molar-refractivity contribution in [2.24, 2.45) is 11.3 Å². The minimum atomic E-state index is -3.50. The Morgan fingerprint density at radius 3 is 2.16 bits per heavy atom. The van der Waals surface area contributed by atoms with Crippen LogP contribution in [0.15, 0.2) is 83.3 Å². The second kappa shape index (κ2) is 30.8. The first kappa shape index (κ1) is 66.1. The molecule has 466 valence electrons. The number of sulfone groups is 1. The predicted octanol–water partition coefficient (Wildman–Crippen LogP) is 7.78. The summed E-state index contributed by atoms with van der Waals surface area (Å²) < 4.78 is 49.2. The quantitative estimate of drug-likeness (QED) is 0.0456. The molecule has 2 N–H and O–H groups in total. The van der Waals surface area contributed by atoms with Gasteiger partial charge in [-0.1, -0.05) is 80.9 Å². The van der Waals surface area contributed by atoms with Crippen molar-refractivity contribution in [1.82, 2.24) is 35.0 Å². The van der Waals surface area contributed by atoms with Crippen LogP contribution in [-0.2, 0) is 62.6 Å². The molecule has 3 aliphatic rings. The molecular weight excluding hydrogens is 1160 g/mol. The number of ketones is 1. The number of likely N-dealkylation sites (tertiary alicyclic amines) is 1. The first-order valence-electron chi connectivity index (χ1n) is 30.0. The fourth-order valence-corrected chi connectivity index (χ4v) is 13.6. The van der Waals surface area contributed by atoms with Crippen molar-refractivity contribution < 1.29 is 51.6 Å². The van der Waals surface area contributed by atoms with Crippen molar-refractivity contribution in [1.29, 1.82) is 0 Å². The molecule has 3 amide bonds. The number of β-amino-alcohol motifs (C(OH)–C–C–N with tert-alkyl or cyclic N) is 1. The van der Waals surface area contributed by atoms with E-state index in [2.05, 4.69) is 43.3 Å². The summed E-state index contributed by atoms with van der Waals surface area (Å²) >= 11 is 8.14. The number of methoxy groups -OCH3 is 1. The van der Waals surface area contributed by atoms with Crippen molar-refractivity contribution in [3.05, 3.63) is 117 Å². The van der Waals surface area contributed by atoms with Gasteiger partial charge in [-0.15, -0.1) is 11.3 Å². The van der Waals surface area contributed by atoms with Crippen molar-refractivity contribution >= 4 is 62.0 Å². The molecule has 5 heterocycles. The second-order valence-electron chi connectivity index (χ2n) is 23.8.